The second-order valence-electron chi connectivity index (χ2n) is 5.47. The van der Waals surface area contributed by atoms with Crippen molar-refractivity contribution in [3.63, 3.8) is 0 Å². The van der Waals surface area contributed by atoms with E-state index < -0.39 is 0 Å². The van der Waals surface area contributed by atoms with Crippen molar-refractivity contribution in [1.29, 1.82) is 0 Å². The Balaban J connectivity index is 2.44. The first kappa shape index (κ1) is 16.0. The summed E-state index contributed by atoms with van der Waals surface area (Å²) in [6, 6.07) is 8.18. The fourth-order valence-corrected chi connectivity index (χ4v) is 3.24. The van der Waals surface area contributed by atoms with E-state index >= 15 is 0 Å². The van der Waals surface area contributed by atoms with Gasteiger partial charge in [-0.05, 0) is 62.5 Å². The molecule has 2 nitrogen and oxygen atoms in total. The highest BCUT2D eigenvalue weighted by Crippen LogP contribution is 2.34. The van der Waals surface area contributed by atoms with Crippen LogP contribution in [0.5, 0.6) is 0 Å². The molecule has 1 N–H and O–H groups in total. The van der Waals surface area contributed by atoms with Crippen LogP contribution in [0, 0.1) is 12.7 Å². The van der Waals surface area contributed by atoms with Crippen LogP contribution in [0.3, 0.4) is 0 Å². The number of nitrogens with zero attached hydrogens (tertiary/aromatic N) is 1. The van der Waals surface area contributed by atoms with Crippen molar-refractivity contribution < 1.29 is 4.39 Å². The minimum absolute atomic E-state index is 0.105. The fourth-order valence-electron chi connectivity index (χ4n) is 2.42. The maximum atomic E-state index is 13.9. The third kappa shape index (κ3) is 3.27. The first-order chi connectivity index (χ1) is 9.95. The fraction of sp³-hybridized carbons (Fsp3) is 0.412. The molecule has 0 bridgehead atoms. The number of nitrogens with one attached hydrogen (secondary N) is 1. The summed E-state index contributed by atoms with van der Waals surface area (Å²) in [4.78, 5) is 3.53. The average molecular weight is 306 g/mol. The summed E-state index contributed by atoms with van der Waals surface area (Å²) in [6.07, 6.45) is 0. The van der Waals surface area contributed by atoms with Crippen LogP contribution >= 0.6 is 11.3 Å². The Kier molecular flexibility index (Phi) is 5.01. The van der Waals surface area contributed by atoms with E-state index in [1.54, 1.807) is 17.4 Å². The van der Waals surface area contributed by atoms with E-state index in [2.05, 4.69) is 48.6 Å². The number of halogens is 1. The average Bonchev–Trinajstić information content (AvgIpc) is 3.01. The molecule has 2 aromatic rings. The van der Waals surface area contributed by atoms with Crippen molar-refractivity contribution in [2.45, 2.75) is 32.9 Å². The molecule has 0 amide bonds. The van der Waals surface area contributed by atoms with Gasteiger partial charge in [-0.3, -0.25) is 0 Å². The van der Waals surface area contributed by atoms with Gasteiger partial charge in [0.15, 0.2) is 0 Å². The number of aryl methyl sites for hydroxylation is 1. The summed E-state index contributed by atoms with van der Waals surface area (Å²) >= 11 is 1.75. The molecule has 1 aromatic heterocycles. The van der Waals surface area contributed by atoms with Crippen molar-refractivity contribution in [3.8, 4) is 0 Å². The van der Waals surface area contributed by atoms with Crippen LogP contribution in [0.2, 0.25) is 0 Å². The highest BCUT2D eigenvalue weighted by molar-refractivity contribution is 7.10. The number of hydrogen-bond acceptors (Lipinski definition) is 3. The highest BCUT2D eigenvalue weighted by Gasteiger charge is 2.20. The van der Waals surface area contributed by atoms with Gasteiger partial charge in [-0.25, -0.2) is 4.39 Å². The van der Waals surface area contributed by atoms with Gasteiger partial charge in [0.1, 0.15) is 5.82 Å². The van der Waals surface area contributed by atoms with Crippen LogP contribution in [-0.4, -0.2) is 14.1 Å². The number of hydrogen-bond donors (Lipinski definition) is 1. The Morgan fingerprint density at radius 1 is 1.29 bits per heavy atom. The Labute approximate surface area is 130 Å². The normalized spacial score (nSPS) is 14.0. The lowest BCUT2D eigenvalue weighted by atomic mass is 10.0. The van der Waals surface area contributed by atoms with Gasteiger partial charge in [-0.2, -0.15) is 0 Å². The van der Waals surface area contributed by atoms with Gasteiger partial charge < -0.3 is 10.2 Å². The number of benzene rings is 1. The molecule has 0 aliphatic carbocycles. The minimum atomic E-state index is -0.145. The number of rotatable bonds is 5. The van der Waals surface area contributed by atoms with E-state index in [1.807, 2.05) is 20.0 Å². The van der Waals surface area contributed by atoms with E-state index in [9.17, 15) is 4.39 Å². The van der Waals surface area contributed by atoms with Gasteiger partial charge in [0.2, 0.25) is 0 Å². The summed E-state index contributed by atoms with van der Waals surface area (Å²) in [6.45, 7) is 6.05. The van der Waals surface area contributed by atoms with Crippen molar-refractivity contribution in [3.05, 3.63) is 51.5 Å². The van der Waals surface area contributed by atoms with Crippen LogP contribution in [0.25, 0.3) is 0 Å². The minimum Gasteiger partial charge on any atom is -0.367 e. The first-order valence-electron chi connectivity index (χ1n) is 7.19. The summed E-state index contributed by atoms with van der Waals surface area (Å²) in [7, 11) is 3.97. The smallest absolute Gasteiger partial charge is 0.126 e. The topological polar surface area (TPSA) is 15.3 Å². The SMILES string of the molecule is CNC(C)c1cc(F)c(C)cc1N(C)C(C)c1cccs1. The Morgan fingerprint density at radius 2 is 2.00 bits per heavy atom. The van der Waals surface area contributed by atoms with Crippen molar-refractivity contribution in [1.82, 2.24) is 5.32 Å². The molecule has 114 valence electrons. The summed E-state index contributed by atoms with van der Waals surface area (Å²) in [5.74, 6) is -0.145. The third-order valence-electron chi connectivity index (χ3n) is 4.12. The maximum absolute atomic E-state index is 13.9. The number of thiophene rings is 1. The molecule has 0 radical (unpaired) electrons. The Bertz CT molecular complexity index is 595. The van der Waals surface area contributed by atoms with Gasteiger partial charge in [0.05, 0.1) is 6.04 Å². The highest BCUT2D eigenvalue weighted by atomic mass is 32.1. The van der Waals surface area contributed by atoms with Crippen LogP contribution < -0.4 is 10.2 Å². The lowest BCUT2D eigenvalue weighted by Gasteiger charge is -2.30. The molecule has 21 heavy (non-hydrogen) atoms. The first-order valence-corrected chi connectivity index (χ1v) is 8.07. The molecule has 0 fully saturated rings. The maximum Gasteiger partial charge on any atom is 0.126 e. The molecule has 2 atom stereocenters. The number of anilines is 1. The summed E-state index contributed by atoms with van der Waals surface area (Å²) < 4.78 is 13.9. The van der Waals surface area contributed by atoms with Crippen LogP contribution in [-0.2, 0) is 0 Å². The van der Waals surface area contributed by atoms with E-state index in [1.165, 1.54) is 4.88 Å². The van der Waals surface area contributed by atoms with Gasteiger partial charge in [0, 0.05) is 23.7 Å². The van der Waals surface area contributed by atoms with Gasteiger partial charge in [-0.15, -0.1) is 11.3 Å². The molecule has 0 spiro atoms. The molecule has 2 rings (SSSR count). The molecule has 0 aliphatic rings. The predicted molar refractivity (Wildman–Crippen MR) is 89.7 cm³/mol. The third-order valence-corrected chi connectivity index (χ3v) is 5.17. The van der Waals surface area contributed by atoms with Gasteiger partial charge in [-0.1, -0.05) is 6.07 Å². The second-order valence-corrected chi connectivity index (χ2v) is 6.45. The largest absolute Gasteiger partial charge is 0.367 e. The van der Waals surface area contributed by atoms with Crippen molar-refractivity contribution in [2.24, 2.45) is 0 Å². The van der Waals surface area contributed by atoms with Gasteiger partial charge in [0.25, 0.3) is 0 Å². The van der Waals surface area contributed by atoms with Crippen LogP contribution in [0.15, 0.2) is 29.6 Å². The van der Waals surface area contributed by atoms with E-state index in [0.29, 0.717) is 5.56 Å². The molecule has 0 aliphatic heterocycles. The molecule has 4 heteroatoms. The zero-order valence-electron chi connectivity index (χ0n) is 13.3. The van der Waals surface area contributed by atoms with Crippen LogP contribution in [0.1, 0.15) is 41.9 Å². The summed E-state index contributed by atoms with van der Waals surface area (Å²) in [5.41, 5.74) is 2.76. The molecular weight excluding hydrogens is 283 g/mol. The molecule has 0 saturated heterocycles. The lowest BCUT2D eigenvalue weighted by Crippen LogP contribution is -2.25. The lowest BCUT2D eigenvalue weighted by molar-refractivity contribution is 0.598. The predicted octanol–water partition coefficient (Wildman–Crippen LogP) is 4.67. The van der Waals surface area contributed by atoms with Crippen molar-refractivity contribution >= 4 is 17.0 Å². The molecular formula is C17H23FN2S. The zero-order valence-corrected chi connectivity index (χ0v) is 14.1. The molecule has 0 saturated carbocycles. The Morgan fingerprint density at radius 3 is 2.57 bits per heavy atom. The van der Waals surface area contributed by atoms with E-state index in [0.717, 1.165) is 11.3 Å². The second kappa shape index (κ2) is 6.58. The molecule has 1 heterocycles. The Hall–Kier alpha value is -1.39. The quantitative estimate of drug-likeness (QED) is 0.863. The van der Waals surface area contributed by atoms with Gasteiger partial charge >= 0.3 is 0 Å². The summed E-state index contributed by atoms with van der Waals surface area (Å²) in [5, 5.41) is 5.30. The van der Waals surface area contributed by atoms with E-state index in [4.69, 9.17) is 0 Å². The van der Waals surface area contributed by atoms with Crippen LogP contribution in [0.4, 0.5) is 10.1 Å². The standard InChI is InChI=1S/C17H23FN2S/c1-11-9-16(14(10-15(11)18)12(2)19-4)20(5)13(3)17-7-6-8-21-17/h6-10,12-13,19H,1-5H3. The van der Waals surface area contributed by atoms with Crippen molar-refractivity contribution in [2.75, 3.05) is 19.0 Å². The molecule has 2 unspecified atom stereocenters. The zero-order chi connectivity index (χ0) is 15.6. The monoisotopic (exact) mass is 306 g/mol. The van der Waals surface area contributed by atoms with E-state index in [-0.39, 0.29) is 17.9 Å². The molecule has 1 aromatic carbocycles.